The molecule has 21 heavy (non-hydrogen) atoms. The van der Waals surface area contributed by atoms with Crippen LogP contribution in [0.1, 0.15) is 12.5 Å². The van der Waals surface area contributed by atoms with Crippen molar-refractivity contribution >= 4 is 5.69 Å². The van der Waals surface area contributed by atoms with Crippen LogP contribution in [0.15, 0.2) is 42.5 Å². The third-order valence-corrected chi connectivity index (χ3v) is 2.83. The molecular weight excluding hydrogens is 275 g/mol. The van der Waals surface area contributed by atoms with Gasteiger partial charge in [-0.15, -0.1) is 0 Å². The highest BCUT2D eigenvalue weighted by Crippen LogP contribution is 2.27. The summed E-state index contributed by atoms with van der Waals surface area (Å²) in [5, 5.41) is 13.7. The lowest BCUT2D eigenvalue weighted by atomic mass is 10.2. The van der Waals surface area contributed by atoms with Crippen LogP contribution < -0.4 is 10.1 Å². The minimum Gasteiger partial charge on any atom is -0.457 e. The van der Waals surface area contributed by atoms with E-state index in [4.69, 9.17) is 4.74 Å². The van der Waals surface area contributed by atoms with Gasteiger partial charge < -0.3 is 10.1 Å². The quantitative estimate of drug-likeness (QED) is 0.651. The molecule has 0 amide bonds. The number of hydrogen-bond donors (Lipinski definition) is 1. The Morgan fingerprint density at radius 3 is 2.67 bits per heavy atom. The molecule has 1 N–H and O–H groups in total. The highest BCUT2D eigenvalue weighted by molar-refractivity contribution is 5.40. The summed E-state index contributed by atoms with van der Waals surface area (Å²) in [5.41, 5.74) is 0.472. The van der Waals surface area contributed by atoms with Gasteiger partial charge in [0, 0.05) is 18.7 Å². The van der Waals surface area contributed by atoms with Crippen molar-refractivity contribution < 1.29 is 14.1 Å². The monoisotopic (exact) mass is 290 g/mol. The molecule has 0 fully saturated rings. The van der Waals surface area contributed by atoms with Crippen LogP contribution in [0.25, 0.3) is 0 Å². The van der Waals surface area contributed by atoms with Crippen LogP contribution >= 0.6 is 0 Å². The van der Waals surface area contributed by atoms with Gasteiger partial charge in [0.05, 0.1) is 4.92 Å². The van der Waals surface area contributed by atoms with E-state index in [0.29, 0.717) is 12.3 Å². The number of benzene rings is 2. The van der Waals surface area contributed by atoms with E-state index >= 15 is 0 Å². The van der Waals surface area contributed by atoms with Crippen LogP contribution in [0.2, 0.25) is 0 Å². The van der Waals surface area contributed by atoms with Crippen molar-refractivity contribution in [3.63, 3.8) is 0 Å². The second-order valence-corrected chi connectivity index (χ2v) is 4.40. The van der Waals surface area contributed by atoms with Gasteiger partial charge in [-0.2, -0.15) is 4.39 Å². The van der Waals surface area contributed by atoms with E-state index in [1.807, 2.05) is 25.1 Å². The van der Waals surface area contributed by atoms with Gasteiger partial charge >= 0.3 is 5.69 Å². The van der Waals surface area contributed by atoms with Crippen molar-refractivity contribution in [1.29, 1.82) is 0 Å². The van der Waals surface area contributed by atoms with E-state index in [0.717, 1.165) is 24.2 Å². The van der Waals surface area contributed by atoms with Crippen molar-refractivity contribution in [2.75, 3.05) is 6.54 Å². The number of ether oxygens (including phenoxy) is 1. The standard InChI is InChI=1S/C15H15FN2O3/c1-2-17-10-11-4-3-5-12(8-11)21-13-6-7-15(18(19)20)14(16)9-13/h3-9,17H,2,10H2,1H3. The van der Waals surface area contributed by atoms with E-state index in [1.54, 1.807) is 6.07 Å². The summed E-state index contributed by atoms with van der Waals surface area (Å²) in [5.74, 6) is -0.140. The minimum absolute atomic E-state index is 0.221. The summed E-state index contributed by atoms with van der Waals surface area (Å²) >= 11 is 0. The summed E-state index contributed by atoms with van der Waals surface area (Å²) < 4.78 is 19.0. The highest BCUT2D eigenvalue weighted by atomic mass is 19.1. The van der Waals surface area contributed by atoms with E-state index in [2.05, 4.69) is 5.32 Å². The maximum Gasteiger partial charge on any atom is 0.305 e. The molecule has 0 aliphatic carbocycles. The molecule has 2 rings (SSSR count). The average molecular weight is 290 g/mol. The lowest BCUT2D eigenvalue weighted by Gasteiger charge is -2.08. The Morgan fingerprint density at radius 2 is 2.00 bits per heavy atom. The molecule has 0 aromatic heterocycles. The Morgan fingerprint density at radius 1 is 1.24 bits per heavy atom. The van der Waals surface area contributed by atoms with Crippen LogP contribution in [0.3, 0.4) is 0 Å². The van der Waals surface area contributed by atoms with Gasteiger partial charge in [-0.3, -0.25) is 10.1 Å². The molecule has 0 atom stereocenters. The van der Waals surface area contributed by atoms with Crippen LogP contribution in [0.4, 0.5) is 10.1 Å². The highest BCUT2D eigenvalue weighted by Gasteiger charge is 2.14. The van der Waals surface area contributed by atoms with Crippen LogP contribution in [0.5, 0.6) is 11.5 Å². The molecule has 0 unspecified atom stereocenters. The molecular formula is C15H15FN2O3. The van der Waals surface area contributed by atoms with E-state index in [-0.39, 0.29) is 5.75 Å². The zero-order valence-electron chi connectivity index (χ0n) is 11.5. The smallest absolute Gasteiger partial charge is 0.305 e. The lowest BCUT2D eigenvalue weighted by Crippen LogP contribution is -2.11. The Labute approximate surface area is 121 Å². The van der Waals surface area contributed by atoms with Gasteiger partial charge in [-0.05, 0) is 30.3 Å². The molecule has 0 heterocycles. The molecule has 110 valence electrons. The topological polar surface area (TPSA) is 64.4 Å². The first-order valence-corrected chi connectivity index (χ1v) is 6.51. The molecule has 5 nitrogen and oxygen atoms in total. The van der Waals surface area contributed by atoms with Crippen molar-refractivity contribution in [2.45, 2.75) is 13.5 Å². The van der Waals surface area contributed by atoms with Crippen molar-refractivity contribution in [3.05, 3.63) is 64.0 Å². The summed E-state index contributed by atoms with van der Waals surface area (Å²) in [6, 6.07) is 10.8. The molecule has 0 saturated heterocycles. The van der Waals surface area contributed by atoms with Crippen molar-refractivity contribution in [2.24, 2.45) is 0 Å². The van der Waals surface area contributed by atoms with Gasteiger partial charge in [-0.1, -0.05) is 19.1 Å². The van der Waals surface area contributed by atoms with Gasteiger partial charge in [0.2, 0.25) is 5.82 Å². The van der Waals surface area contributed by atoms with Gasteiger partial charge in [0.1, 0.15) is 11.5 Å². The van der Waals surface area contributed by atoms with E-state index in [9.17, 15) is 14.5 Å². The third-order valence-electron chi connectivity index (χ3n) is 2.83. The SMILES string of the molecule is CCNCc1cccc(Oc2ccc([N+](=O)[O-])c(F)c2)c1. The first kappa shape index (κ1) is 14.9. The fourth-order valence-electron chi connectivity index (χ4n) is 1.82. The van der Waals surface area contributed by atoms with Crippen LogP contribution in [-0.2, 0) is 6.54 Å². The zero-order valence-corrected chi connectivity index (χ0v) is 11.5. The lowest BCUT2D eigenvalue weighted by molar-refractivity contribution is -0.387. The third kappa shape index (κ3) is 4.00. The first-order valence-electron chi connectivity index (χ1n) is 6.51. The molecule has 2 aromatic rings. The summed E-state index contributed by atoms with van der Waals surface area (Å²) in [6.07, 6.45) is 0. The molecule has 0 bridgehead atoms. The van der Waals surface area contributed by atoms with Crippen LogP contribution in [-0.4, -0.2) is 11.5 Å². The molecule has 0 aliphatic rings. The number of hydrogen-bond acceptors (Lipinski definition) is 4. The summed E-state index contributed by atoms with van der Waals surface area (Å²) in [6.45, 7) is 3.58. The Bertz CT molecular complexity index is 647. The van der Waals surface area contributed by atoms with Crippen LogP contribution in [0, 0.1) is 15.9 Å². The first-order chi connectivity index (χ1) is 10.1. The fraction of sp³-hybridized carbons (Fsp3) is 0.200. The minimum atomic E-state index is -0.915. The largest absolute Gasteiger partial charge is 0.457 e. The number of nitro benzene ring substituents is 1. The van der Waals surface area contributed by atoms with Gasteiger partial charge in [0.25, 0.3) is 0 Å². The van der Waals surface area contributed by atoms with Crippen molar-refractivity contribution in [3.8, 4) is 11.5 Å². The van der Waals surface area contributed by atoms with Gasteiger partial charge in [0.15, 0.2) is 0 Å². The second kappa shape index (κ2) is 6.81. The van der Waals surface area contributed by atoms with Crippen molar-refractivity contribution in [1.82, 2.24) is 5.32 Å². The Kier molecular flexibility index (Phi) is 4.84. The van der Waals surface area contributed by atoms with E-state index in [1.165, 1.54) is 6.07 Å². The molecule has 0 radical (unpaired) electrons. The second-order valence-electron chi connectivity index (χ2n) is 4.40. The van der Waals surface area contributed by atoms with Gasteiger partial charge in [-0.25, -0.2) is 0 Å². The number of nitro groups is 1. The van der Waals surface area contributed by atoms with E-state index < -0.39 is 16.4 Å². The molecule has 0 saturated carbocycles. The zero-order chi connectivity index (χ0) is 15.2. The number of nitrogens with one attached hydrogen (secondary N) is 1. The maximum atomic E-state index is 13.5. The number of halogens is 1. The Hall–Kier alpha value is -2.47. The fourth-order valence-corrected chi connectivity index (χ4v) is 1.82. The maximum absolute atomic E-state index is 13.5. The normalized spacial score (nSPS) is 10.4. The number of nitrogens with zero attached hydrogens (tertiary/aromatic N) is 1. The molecule has 2 aromatic carbocycles. The number of rotatable bonds is 6. The summed E-state index contributed by atoms with van der Waals surface area (Å²) in [7, 11) is 0. The molecule has 6 heteroatoms. The average Bonchev–Trinajstić information content (AvgIpc) is 2.45. The predicted molar refractivity (Wildman–Crippen MR) is 77.0 cm³/mol. The Balaban J connectivity index is 2.14. The summed E-state index contributed by atoms with van der Waals surface area (Å²) in [4.78, 5) is 9.79. The predicted octanol–water partition coefficient (Wildman–Crippen LogP) is 3.64. The molecule has 0 aliphatic heterocycles. The molecule has 0 spiro atoms.